The number of aromatic amines is 1. The molecule has 114 valence electrons. The molecule has 1 atom stereocenters. The number of rotatable bonds is 7. The number of hydrogen-bond donors (Lipinski definition) is 3. The number of hydrogen-bond acceptors (Lipinski definition) is 4. The lowest BCUT2D eigenvalue weighted by atomic mass is 10.1. The van der Waals surface area contributed by atoms with Gasteiger partial charge < -0.3 is 5.11 Å². The zero-order valence-corrected chi connectivity index (χ0v) is 12.9. The number of carboxylic acids is 1. The molecule has 3 N–H and O–H groups in total. The number of nitrogens with one attached hydrogen (secondary N) is 2. The Morgan fingerprint density at radius 2 is 1.95 bits per heavy atom. The highest BCUT2D eigenvalue weighted by atomic mass is 32.2. The SMILES string of the molecule is Cc1[nH]nc(C(=O)O)c1S(=O)(=O)NC(C)CCC(C)C. The maximum absolute atomic E-state index is 12.3. The van der Waals surface area contributed by atoms with Crippen LogP contribution in [0.25, 0.3) is 0 Å². The van der Waals surface area contributed by atoms with Crippen molar-refractivity contribution in [3.8, 4) is 0 Å². The van der Waals surface area contributed by atoms with E-state index in [4.69, 9.17) is 5.11 Å². The van der Waals surface area contributed by atoms with Gasteiger partial charge in [-0.1, -0.05) is 13.8 Å². The molecule has 1 aromatic heterocycles. The van der Waals surface area contributed by atoms with Gasteiger partial charge in [-0.05, 0) is 32.6 Å². The second kappa shape index (κ2) is 6.36. The topological polar surface area (TPSA) is 112 Å². The summed E-state index contributed by atoms with van der Waals surface area (Å²) in [6.07, 6.45) is 1.58. The number of aromatic carboxylic acids is 1. The molecule has 1 heterocycles. The van der Waals surface area contributed by atoms with Crippen LogP contribution in [-0.2, 0) is 10.0 Å². The largest absolute Gasteiger partial charge is 0.476 e. The Labute approximate surface area is 118 Å². The maximum atomic E-state index is 12.3. The van der Waals surface area contributed by atoms with E-state index >= 15 is 0 Å². The lowest BCUT2D eigenvalue weighted by molar-refractivity contribution is 0.0686. The zero-order valence-electron chi connectivity index (χ0n) is 12.1. The fourth-order valence-corrected chi connectivity index (χ4v) is 3.46. The predicted octanol–water partition coefficient (Wildman–Crippen LogP) is 1.52. The Kier molecular flexibility index (Phi) is 5.29. The number of carbonyl (C=O) groups is 1. The van der Waals surface area contributed by atoms with Crippen molar-refractivity contribution in [1.29, 1.82) is 0 Å². The van der Waals surface area contributed by atoms with Crippen LogP contribution in [0.5, 0.6) is 0 Å². The van der Waals surface area contributed by atoms with Gasteiger partial charge >= 0.3 is 5.97 Å². The average Bonchev–Trinajstić information content (AvgIpc) is 2.68. The monoisotopic (exact) mass is 303 g/mol. The van der Waals surface area contributed by atoms with Crippen molar-refractivity contribution in [2.75, 3.05) is 0 Å². The van der Waals surface area contributed by atoms with Crippen molar-refractivity contribution >= 4 is 16.0 Å². The molecule has 0 aliphatic heterocycles. The minimum absolute atomic E-state index is 0.214. The van der Waals surface area contributed by atoms with Crippen molar-refractivity contribution < 1.29 is 18.3 Å². The van der Waals surface area contributed by atoms with Crippen molar-refractivity contribution in [2.45, 2.75) is 51.5 Å². The van der Waals surface area contributed by atoms with Crippen LogP contribution >= 0.6 is 0 Å². The second-order valence-corrected chi connectivity index (χ2v) is 6.98. The molecular formula is C12H21N3O4S. The molecule has 8 heteroatoms. The van der Waals surface area contributed by atoms with Gasteiger partial charge in [0.05, 0.1) is 5.69 Å². The normalized spacial score (nSPS) is 13.7. The third kappa shape index (κ3) is 4.04. The summed E-state index contributed by atoms with van der Waals surface area (Å²) in [4.78, 5) is 10.7. The Bertz CT molecular complexity index is 578. The highest BCUT2D eigenvalue weighted by Gasteiger charge is 2.29. The van der Waals surface area contributed by atoms with Crippen LogP contribution in [-0.4, -0.2) is 35.7 Å². The molecule has 0 bridgehead atoms. The molecule has 1 aromatic rings. The first-order valence-corrected chi connectivity index (χ1v) is 7.94. The van der Waals surface area contributed by atoms with Crippen LogP contribution in [0, 0.1) is 12.8 Å². The Hall–Kier alpha value is -1.41. The third-order valence-corrected chi connectivity index (χ3v) is 4.65. The summed E-state index contributed by atoms with van der Waals surface area (Å²) in [6.45, 7) is 7.36. The number of H-pyrrole nitrogens is 1. The standard InChI is InChI=1S/C12H21N3O4S/c1-7(2)5-6-8(3)15-20(18,19)11-9(4)13-14-10(11)12(16)17/h7-8,15H,5-6H2,1-4H3,(H,13,14)(H,16,17). The quantitative estimate of drug-likeness (QED) is 0.707. The van der Waals surface area contributed by atoms with Gasteiger partial charge in [0.2, 0.25) is 10.0 Å². The first-order chi connectivity index (χ1) is 9.15. The molecule has 0 saturated carbocycles. The second-order valence-electron chi connectivity index (χ2n) is 5.33. The number of aromatic nitrogens is 2. The zero-order chi connectivity index (χ0) is 15.5. The lowest BCUT2D eigenvalue weighted by Crippen LogP contribution is -2.33. The minimum atomic E-state index is -3.90. The number of sulfonamides is 1. The summed E-state index contributed by atoms with van der Waals surface area (Å²) in [5, 5.41) is 14.9. The van der Waals surface area contributed by atoms with Gasteiger partial charge in [-0.25, -0.2) is 17.9 Å². The smallest absolute Gasteiger partial charge is 0.357 e. The van der Waals surface area contributed by atoms with E-state index in [0.29, 0.717) is 12.3 Å². The van der Waals surface area contributed by atoms with Crippen molar-refractivity contribution in [3.63, 3.8) is 0 Å². The van der Waals surface area contributed by atoms with E-state index in [9.17, 15) is 13.2 Å². The van der Waals surface area contributed by atoms with Gasteiger partial charge in [0.15, 0.2) is 5.69 Å². The van der Waals surface area contributed by atoms with Crippen LogP contribution < -0.4 is 4.72 Å². The highest BCUT2D eigenvalue weighted by Crippen LogP contribution is 2.18. The predicted molar refractivity (Wildman–Crippen MR) is 74.1 cm³/mol. The van der Waals surface area contributed by atoms with Crippen molar-refractivity contribution in [1.82, 2.24) is 14.9 Å². The van der Waals surface area contributed by atoms with E-state index in [1.54, 1.807) is 6.92 Å². The van der Waals surface area contributed by atoms with E-state index in [2.05, 4.69) is 28.8 Å². The van der Waals surface area contributed by atoms with E-state index in [-0.39, 0.29) is 16.6 Å². The molecule has 0 fully saturated rings. The van der Waals surface area contributed by atoms with Gasteiger partial charge in [0, 0.05) is 6.04 Å². The number of carboxylic acid groups (broad SMARTS) is 1. The minimum Gasteiger partial charge on any atom is -0.476 e. The molecule has 0 radical (unpaired) electrons. The molecule has 7 nitrogen and oxygen atoms in total. The summed E-state index contributed by atoms with van der Waals surface area (Å²) < 4.78 is 27.0. The molecule has 1 unspecified atom stereocenters. The highest BCUT2D eigenvalue weighted by molar-refractivity contribution is 7.89. The van der Waals surface area contributed by atoms with E-state index in [1.165, 1.54) is 6.92 Å². The first kappa shape index (κ1) is 16.6. The Morgan fingerprint density at radius 3 is 2.45 bits per heavy atom. The molecule has 0 aliphatic rings. The molecule has 0 spiro atoms. The Morgan fingerprint density at radius 1 is 1.35 bits per heavy atom. The molecule has 20 heavy (non-hydrogen) atoms. The molecular weight excluding hydrogens is 282 g/mol. The summed E-state index contributed by atoms with van der Waals surface area (Å²) in [5.74, 6) is -0.892. The van der Waals surface area contributed by atoms with Gasteiger partial charge in [-0.2, -0.15) is 5.10 Å². The Balaban J connectivity index is 2.94. The van der Waals surface area contributed by atoms with Crippen LogP contribution in [0.4, 0.5) is 0 Å². The molecule has 0 saturated heterocycles. The maximum Gasteiger partial charge on any atom is 0.357 e. The fraction of sp³-hybridized carbons (Fsp3) is 0.667. The van der Waals surface area contributed by atoms with Crippen LogP contribution in [0.15, 0.2) is 4.90 Å². The van der Waals surface area contributed by atoms with Crippen LogP contribution in [0.3, 0.4) is 0 Å². The third-order valence-electron chi connectivity index (χ3n) is 2.90. The molecule has 0 aliphatic carbocycles. The fourth-order valence-electron chi connectivity index (χ4n) is 1.86. The van der Waals surface area contributed by atoms with Crippen LogP contribution in [0.2, 0.25) is 0 Å². The number of nitrogens with zero attached hydrogens (tertiary/aromatic N) is 1. The lowest BCUT2D eigenvalue weighted by Gasteiger charge is -2.15. The average molecular weight is 303 g/mol. The molecule has 0 aromatic carbocycles. The summed E-state index contributed by atoms with van der Waals surface area (Å²) in [6, 6.07) is -0.265. The van der Waals surface area contributed by atoms with E-state index in [1.807, 2.05) is 0 Å². The summed E-state index contributed by atoms with van der Waals surface area (Å²) >= 11 is 0. The van der Waals surface area contributed by atoms with Gasteiger partial charge in [0.25, 0.3) is 0 Å². The molecule has 1 rings (SSSR count). The summed E-state index contributed by atoms with van der Waals surface area (Å²) in [7, 11) is -3.90. The van der Waals surface area contributed by atoms with Gasteiger partial charge in [-0.3, -0.25) is 5.10 Å². The van der Waals surface area contributed by atoms with Crippen molar-refractivity contribution in [2.24, 2.45) is 5.92 Å². The first-order valence-electron chi connectivity index (χ1n) is 6.45. The van der Waals surface area contributed by atoms with Gasteiger partial charge in [-0.15, -0.1) is 0 Å². The van der Waals surface area contributed by atoms with Gasteiger partial charge in [0.1, 0.15) is 4.90 Å². The van der Waals surface area contributed by atoms with Crippen LogP contribution in [0.1, 0.15) is 49.8 Å². The number of aryl methyl sites for hydroxylation is 1. The van der Waals surface area contributed by atoms with Crippen molar-refractivity contribution in [3.05, 3.63) is 11.4 Å². The molecule has 0 amide bonds. The summed E-state index contributed by atoms with van der Waals surface area (Å²) in [5.41, 5.74) is -0.267. The van der Waals surface area contributed by atoms with E-state index in [0.717, 1.165) is 6.42 Å². The van der Waals surface area contributed by atoms with E-state index < -0.39 is 21.7 Å².